The quantitative estimate of drug-likeness (QED) is 0.537. The van der Waals surface area contributed by atoms with Crippen molar-refractivity contribution in [2.24, 2.45) is 11.7 Å². The Kier molecular flexibility index (Phi) is 4.71. The third kappa shape index (κ3) is 3.32. The van der Waals surface area contributed by atoms with Gasteiger partial charge in [0.2, 0.25) is 0 Å². The second-order valence-corrected chi connectivity index (χ2v) is 7.92. The van der Waals surface area contributed by atoms with Crippen LogP contribution in [0.3, 0.4) is 0 Å². The van der Waals surface area contributed by atoms with Crippen LogP contribution >= 0.6 is 0 Å². The van der Waals surface area contributed by atoms with Gasteiger partial charge in [-0.2, -0.15) is 17.4 Å². The highest BCUT2D eigenvalue weighted by Gasteiger charge is 2.42. The van der Waals surface area contributed by atoms with Gasteiger partial charge >= 0.3 is 0 Å². The van der Waals surface area contributed by atoms with Crippen molar-refractivity contribution in [2.75, 3.05) is 13.1 Å². The molecule has 6 nitrogen and oxygen atoms in total. The predicted molar refractivity (Wildman–Crippen MR) is 79.8 cm³/mol. The van der Waals surface area contributed by atoms with Gasteiger partial charge in [-0.05, 0) is 44.4 Å². The van der Waals surface area contributed by atoms with Crippen molar-refractivity contribution in [3.63, 3.8) is 0 Å². The lowest BCUT2D eigenvalue weighted by Gasteiger charge is -2.40. The molecule has 116 valence electrons. The van der Waals surface area contributed by atoms with Crippen LogP contribution in [0.1, 0.15) is 51.9 Å². The average molecular weight is 302 g/mol. The Morgan fingerprint density at radius 2 is 1.80 bits per heavy atom. The van der Waals surface area contributed by atoms with Gasteiger partial charge in [-0.25, -0.2) is 0 Å². The minimum Gasteiger partial charge on any atom is -0.386 e. The molecule has 0 aromatic rings. The van der Waals surface area contributed by atoms with Crippen molar-refractivity contribution in [1.29, 1.82) is 5.41 Å². The summed E-state index contributed by atoms with van der Waals surface area (Å²) >= 11 is 0. The zero-order chi connectivity index (χ0) is 14.8. The van der Waals surface area contributed by atoms with Crippen LogP contribution in [0, 0.1) is 11.3 Å². The van der Waals surface area contributed by atoms with E-state index in [1.165, 1.54) is 4.31 Å². The highest BCUT2D eigenvalue weighted by atomic mass is 32.2. The maximum Gasteiger partial charge on any atom is 0.280 e. The summed E-state index contributed by atoms with van der Waals surface area (Å²) in [4.78, 5) is 0. The van der Waals surface area contributed by atoms with Gasteiger partial charge in [0, 0.05) is 13.1 Å². The number of rotatable bonds is 4. The number of nitrogens with zero attached hydrogens (tertiary/aromatic N) is 1. The molecular formula is C13H26N4O2S. The highest BCUT2D eigenvalue weighted by Crippen LogP contribution is 2.33. The summed E-state index contributed by atoms with van der Waals surface area (Å²) < 4.78 is 29.3. The largest absolute Gasteiger partial charge is 0.386 e. The van der Waals surface area contributed by atoms with Crippen molar-refractivity contribution < 1.29 is 8.42 Å². The van der Waals surface area contributed by atoms with Crippen LogP contribution in [0.15, 0.2) is 0 Å². The maximum atomic E-state index is 12.5. The van der Waals surface area contributed by atoms with E-state index in [-0.39, 0.29) is 5.84 Å². The first-order chi connectivity index (χ1) is 9.36. The van der Waals surface area contributed by atoms with E-state index in [0.717, 1.165) is 32.1 Å². The summed E-state index contributed by atoms with van der Waals surface area (Å²) in [6.07, 6.45) is 5.95. The molecule has 1 aliphatic heterocycles. The van der Waals surface area contributed by atoms with Crippen LogP contribution in [0.5, 0.6) is 0 Å². The number of piperidine rings is 1. The molecule has 1 saturated carbocycles. The molecule has 0 aromatic heterocycles. The first kappa shape index (κ1) is 15.7. The normalized spacial score (nSPS) is 33.0. The molecule has 0 atom stereocenters. The van der Waals surface area contributed by atoms with E-state index in [1.54, 1.807) is 0 Å². The van der Waals surface area contributed by atoms with Gasteiger partial charge in [-0.3, -0.25) is 5.41 Å². The lowest BCUT2D eigenvalue weighted by atomic mass is 9.77. The van der Waals surface area contributed by atoms with Gasteiger partial charge in [0.05, 0.1) is 5.54 Å². The van der Waals surface area contributed by atoms with Crippen LogP contribution in [0.25, 0.3) is 0 Å². The van der Waals surface area contributed by atoms with Gasteiger partial charge in [-0.1, -0.05) is 13.3 Å². The zero-order valence-electron chi connectivity index (χ0n) is 12.2. The first-order valence-corrected chi connectivity index (χ1v) is 8.93. The molecule has 2 fully saturated rings. The molecule has 4 N–H and O–H groups in total. The van der Waals surface area contributed by atoms with Gasteiger partial charge in [0.1, 0.15) is 5.84 Å². The van der Waals surface area contributed by atoms with Crippen LogP contribution in [0.4, 0.5) is 0 Å². The van der Waals surface area contributed by atoms with Gasteiger partial charge < -0.3 is 5.73 Å². The molecule has 0 aromatic carbocycles. The third-order valence-electron chi connectivity index (χ3n) is 4.62. The van der Waals surface area contributed by atoms with Crippen LogP contribution < -0.4 is 10.5 Å². The fraction of sp³-hybridized carbons (Fsp3) is 0.923. The Labute approximate surface area is 121 Å². The van der Waals surface area contributed by atoms with E-state index in [4.69, 9.17) is 11.1 Å². The minimum atomic E-state index is -3.54. The summed E-state index contributed by atoms with van der Waals surface area (Å²) in [6.45, 7) is 3.29. The number of amidine groups is 1. The lowest BCUT2D eigenvalue weighted by molar-refractivity contribution is 0.273. The number of hydrogen-bond donors (Lipinski definition) is 3. The van der Waals surface area contributed by atoms with Gasteiger partial charge in [0.15, 0.2) is 0 Å². The van der Waals surface area contributed by atoms with Crippen molar-refractivity contribution in [3.05, 3.63) is 0 Å². The molecular weight excluding hydrogens is 276 g/mol. The summed E-state index contributed by atoms with van der Waals surface area (Å²) in [5, 5.41) is 7.83. The Hall–Kier alpha value is -0.660. The standard InChI is InChI=1S/C13H26N4O2S/c1-11-5-7-13(8-6-11,12(14)15)16-20(18,19)17-9-3-2-4-10-17/h11,16H,2-10H2,1H3,(H3,14,15). The summed E-state index contributed by atoms with van der Waals surface area (Å²) in [7, 11) is -3.54. The molecule has 0 bridgehead atoms. The molecule has 1 aliphatic carbocycles. The van der Waals surface area contributed by atoms with Crippen molar-refractivity contribution in [3.8, 4) is 0 Å². The molecule has 1 heterocycles. The zero-order valence-corrected chi connectivity index (χ0v) is 13.0. The lowest BCUT2D eigenvalue weighted by Crippen LogP contribution is -2.61. The molecule has 2 aliphatic rings. The Bertz CT molecular complexity index is 449. The second-order valence-electron chi connectivity index (χ2n) is 6.25. The molecule has 20 heavy (non-hydrogen) atoms. The number of nitrogens with two attached hydrogens (primary N) is 1. The fourth-order valence-corrected chi connectivity index (χ4v) is 4.77. The summed E-state index contributed by atoms with van der Waals surface area (Å²) in [5.41, 5.74) is 4.85. The minimum absolute atomic E-state index is 0.0509. The molecule has 0 spiro atoms. The maximum absolute atomic E-state index is 12.5. The van der Waals surface area contributed by atoms with E-state index in [1.807, 2.05) is 0 Å². The number of hydrogen-bond acceptors (Lipinski definition) is 3. The topological polar surface area (TPSA) is 99.3 Å². The Morgan fingerprint density at radius 1 is 1.25 bits per heavy atom. The Balaban J connectivity index is 2.13. The first-order valence-electron chi connectivity index (χ1n) is 7.49. The summed E-state index contributed by atoms with van der Waals surface area (Å²) in [6, 6.07) is 0. The van der Waals surface area contributed by atoms with E-state index in [9.17, 15) is 8.42 Å². The van der Waals surface area contributed by atoms with Crippen LogP contribution in [-0.2, 0) is 10.2 Å². The fourth-order valence-electron chi connectivity index (χ4n) is 3.10. The van der Waals surface area contributed by atoms with Crippen LogP contribution in [0.2, 0.25) is 0 Å². The van der Waals surface area contributed by atoms with Crippen molar-refractivity contribution in [1.82, 2.24) is 9.03 Å². The smallest absolute Gasteiger partial charge is 0.280 e. The van der Waals surface area contributed by atoms with Crippen molar-refractivity contribution >= 4 is 16.0 Å². The van der Waals surface area contributed by atoms with Gasteiger partial charge in [-0.15, -0.1) is 0 Å². The SMILES string of the molecule is CC1CCC(NS(=O)(=O)N2CCCCC2)(C(=N)N)CC1. The van der Waals surface area contributed by atoms with E-state index in [0.29, 0.717) is 31.8 Å². The Morgan fingerprint density at radius 3 is 2.30 bits per heavy atom. The van der Waals surface area contributed by atoms with Crippen LogP contribution in [-0.4, -0.2) is 37.2 Å². The van der Waals surface area contributed by atoms with Crippen molar-refractivity contribution in [2.45, 2.75) is 57.4 Å². The van der Waals surface area contributed by atoms with E-state index in [2.05, 4.69) is 11.6 Å². The molecule has 1 saturated heterocycles. The summed E-state index contributed by atoms with van der Waals surface area (Å²) in [5.74, 6) is 0.520. The molecule has 0 amide bonds. The molecule has 2 rings (SSSR count). The average Bonchev–Trinajstić information content (AvgIpc) is 2.42. The predicted octanol–water partition coefficient (Wildman–Crippen LogP) is 1.19. The number of nitrogens with one attached hydrogen (secondary N) is 2. The highest BCUT2D eigenvalue weighted by molar-refractivity contribution is 7.87. The third-order valence-corrected chi connectivity index (χ3v) is 6.32. The second kappa shape index (κ2) is 5.99. The van der Waals surface area contributed by atoms with Gasteiger partial charge in [0.25, 0.3) is 10.2 Å². The molecule has 7 heteroatoms. The molecule has 0 radical (unpaired) electrons. The van der Waals surface area contributed by atoms with E-state index < -0.39 is 15.7 Å². The molecule has 0 unspecified atom stereocenters. The van der Waals surface area contributed by atoms with E-state index >= 15 is 0 Å². The monoisotopic (exact) mass is 302 g/mol.